The van der Waals surface area contributed by atoms with E-state index in [1.807, 2.05) is 0 Å². The molecule has 0 saturated heterocycles. The topological polar surface area (TPSA) is 43.8 Å². The van der Waals surface area contributed by atoms with E-state index in [1.165, 1.54) is 15.3 Å². The number of halogens is 1. The van der Waals surface area contributed by atoms with E-state index in [2.05, 4.69) is 25.0 Å². The van der Waals surface area contributed by atoms with Crippen LogP contribution in [0.4, 0.5) is 5.82 Å². The van der Waals surface area contributed by atoms with Gasteiger partial charge in [0.25, 0.3) is 0 Å². The normalized spacial score (nSPS) is 10.9. The molecule has 15 heavy (non-hydrogen) atoms. The first-order valence-electron chi connectivity index (χ1n) is 4.60. The first-order chi connectivity index (χ1) is 7.08. The fraction of sp³-hybridized carbons (Fsp3) is 0.300. The summed E-state index contributed by atoms with van der Waals surface area (Å²) in [6, 6.07) is 2.16. The van der Waals surface area contributed by atoms with Gasteiger partial charge in [-0.3, -0.25) is 0 Å². The number of hydrogen-bond donors (Lipinski definition) is 1. The van der Waals surface area contributed by atoms with Crippen LogP contribution in [0, 0.1) is 13.8 Å². The molecule has 2 aromatic heterocycles. The average molecular weight is 242 g/mol. The first kappa shape index (κ1) is 10.5. The number of nitrogen functional groups attached to an aromatic ring is 1. The number of thiophene rings is 1. The van der Waals surface area contributed by atoms with Crippen LogP contribution in [0.15, 0.2) is 12.3 Å². The van der Waals surface area contributed by atoms with Crippen LogP contribution in [0.25, 0.3) is 0 Å². The highest BCUT2D eigenvalue weighted by Crippen LogP contribution is 2.23. The van der Waals surface area contributed by atoms with Gasteiger partial charge < -0.3 is 5.73 Å². The molecule has 0 saturated carbocycles. The van der Waals surface area contributed by atoms with Crippen LogP contribution in [-0.4, -0.2) is 9.78 Å². The van der Waals surface area contributed by atoms with E-state index in [4.69, 9.17) is 17.3 Å². The Kier molecular flexibility index (Phi) is 2.71. The molecule has 5 heteroatoms. The lowest BCUT2D eigenvalue weighted by Crippen LogP contribution is -2.05. The standard InChI is InChI=1S/C10H12ClN3S/c1-6-3-8(7(2)15-6)5-14-10(12)9(11)4-13-14/h3-4H,5,12H2,1-2H3. The van der Waals surface area contributed by atoms with Gasteiger partial charge in [0.05, 0.1) is 12.7 Å². The van der Waals surface area contributed by atoms with Gasteiger partial charge in [-0.2, -0.15) is 5.10 Å². The number of aryl methyl sites for hydroxylation is 2. The summed E-state index contributed by atoms with van der Waals surface area (Å²) in [5.74, 6) is 0.528. The lowest BCUT2D eigenvalue weighted by atomic mass is 10.2. The molecule has 0 atom stereocenters. The molecule has 0 spiro atoms. The van der Waals surface area contributed by atoms with E-state index >= 15 is 0 Å². The summed E-state index contributed by atoms with van der Waals surface area (Å²) in [5, 5.41) is 4.64. The molecule has 0 fully saturated rings. The average Bonchev–Trinajstić information content (AvgIpc) is 2.64. The van der Waals surface area contributed by atoms with Crippen molar-refractivity contribution in [1.29, 1.82) is 0 Å². The summed E-state index contributed by atoms with van der Waals surface area (Å²) in [7, 11) is 0. The van der Waals surface area contributed by atoms with E-state index in [-0.39, 0.29) is 0 Å². The number of nitrogens with two attached hydrogens (primary N) is 1. The number of hydrogen-bond acceptors (Lipinski definition) is 3. The summed E-state index contributed by atoms with van der Waals surface area (Å²) in [6.45, 7) is 4.89. The maximum Gasteiger partial charge on any atom is 0.140 e. The van der Waals surface area contributed by atoms with Crippen molar-refractivity contribution in [3.63, 3.8) is 0 Å². The maximum absolute atomic E-state index is 5.83. The molecular weight excluding hydrogens is 230 g/mol. The molecule has 2 aromatic rings. The number of anilines is 1. The maximum atomic E-state index is 5.83. The largest absolute Gasteiger partial charge is 0.383 e. The van der Waals surface area contributed by atoms with Crippen molar-refractivity contribution in [3.8, 4) is 0 Å². The second-order valence-corrected chi connectivity index (χ2v) is 5.34. The van der Waals surface area contributed by atoms with E-state index in [0.717, 1.165) is 0 Å². The fourth-order valence-corrected chi connectivity index (χ4v) is 2.58. The monoisotopic (exact) mass is 241 g/mol. The molecule has 3 nitrogen and oxygen atoms in total. The van der Waals surface area contributed by atoms with Crippen LogP contribution in [0.3, 0.4) is 0 Å². The molecule has 2 heterocycles. The Morgan fingerprint density at radius 3 is 2.73 bits per heavy atom. The molecule has 0 aromatic carbocycles. The minimum atomic E-state index is 0.514. The van der Waals surface area contributed by atoms with Gasteiger partial charge in [0.1, 0.15) is 10.8 Å². The van der Waals surface area contributed by atoms with Crippen LogP contribution >= 0.6 is 22.9 Å². The second kappa shape index (κ2) is 3.87. The molecule has 2 rings (SSSR count). The van der Waals surface area contributed by atoms with Crippen LogP contribution in [0.2, 0.25) is 5.02 Å². The van der Waals surface area contributed by atoms with Crippen molar-refractivity contribution in [3.05, 3.63) is 32.6 Å². The van der Waals surface area contributed by atoms with E-state index in [9.17, 15) is 0 Å². The van der Waals surface area contributed by atoms with Crippen molar-refractivity contribution in [2.24, 2.45) is 0 Å². The zero-order chi connectivity index (χ0) is 11.0. The van der Waals surface area contributed by atoms with Crippen molar-refractivity contribution >= 4 is 28.8 Å². The predicted octanol–water partition coefficient (Wildman–Crippen LogP) is 2.85. The minimum Gasteiger partial charge on any atom is -0.383 e. The molecule has 0 aliphatic heterocycles. The van der Waals surface area contributed by atoms with Crippen LogP contribution < -0.4 is 5.73 Å². The quantitative estimate of drug-likeness (QED) is 0.879. The lowest BCUT2D eigenvalue weighted by Gasteiger charge is -2.03. The summed E-state index contributed by atoms with van der Waals surface area (Å²) >= 11 is 7.62. The molecule has 0 aliphatic carbocycles. The smallest absolute Gasteiger partial charge is 0.140 e. The summed E-state index contributed by atoms with van der Waals surface area (Å²) in [6.07, 6.45) is 1.57. The Hall–Kier alpha value is -1.00. The van der Waals surface area contributed by atoms with Gasteiger partial charge in [0, 0.05) is 9.75 Å². The van der Waals surface area contributed by atoms with Gasteiger partial charge >= 0.3 is 0 Å². The molecule has 0 unspecified atom stereocenters. The molecule has 0 amide bonds. The van der Waals surface area contributed by atoms with Crippen molar-refractivity contribution in [2.45, 2.75) is 20.4 Å². The fourth-order valence-electron chi connectivity index (χ4n) is 1.50. The number of nitrogens with zero attached hydrogens (tertiary/aromatic N) is 2. The Morgan fingerprint density at radius 2 is 2.27 bits per heavy atom. The summed E-state index contributed by atoms with van der Waals surface area (Å²) in [5.41, 5.74) is 7.03. The summed E-state index contributed by atoms with van der Waals surface area (Å²) < 4.78 is 1.72. The highest BCUT2D eigenvalue weighted by Gasteiger charge is 2.08. The lowest BCUT2D eigenvalue weighted by molar-refractivity contribution is 0.696. The molecule has 2 N–H and O–H groups in total. The number of aromatic nitrogens is 2. The van der Waals surface area contributed by atoms with Crippen molar-refractivity contribution in [2.75, 3.05) is 5.73 Å². The number of rotatable bonds is 2. The molecule has 80 valence electrons. The van der Waals surface area contributed by atoms with E-state index in [1.54, 1.807) is 22.2 Å². The van der Waals surface area contributed by atoms with Gasteiger partial charge in [-0.25, -0.2) is 4.68 Å². The zero-order valence-electron chi connectivity index (χ0n) is 8.62. The Labute approximate surface area is 97.5 Å². The Bertz CT molecular complexity index is 487. The van der Waals surface area contributed by atoms with Crippen LogP contribution in [0.1, 0.15) is 15.3 Å². The molecule has 0 bridgehead atoms. The summed E-state index contributed by atoms with van der Waals surface area (Å²) in [4.78, 5) is 2.61. The highest BCUT2D eigenvalue weighted by molar-refractivity contribution is 7.12. The first-order valence-corrected chi connectivity index (χ1v) is 5.80. The third kappa shape index (κ3) is 2.01. The molecule has 0 aliphatic rings. The van der Waals surface area contributed by atoms with Gasteiger partial charge in [-0.05, 0) is 25.5 Å². The molecular formula is C10H12ClN3S. The van der Waals surface area contributed by atoms with Gasteiger partial charge in [0.2, 0.25) is 0 Å². The van der Waals surface area contributed by atoms with Crippen molar-refractivity contribution in [1.82, 2.24) is 9.78 Å². The zero-order valence-corrected chi connectivity index (χ0v) is 10.2. The SMILES string of the molecule is Cc1cc(Cn2ncc(Cl)c2N)c(C)s1. The predicted molar refractivity (Wildman–Crippen MR) is 64.5 cm³/mol. The van der Waals surface area contributed by atoms with Crippen LogP contribution in [0.5, 0.6) is 0 Å². The Morgan fingerprint density at radius 1 is 1.53 bits per heavy atom. The van der Waals surface area contributed by atoms with Crippen molar-refractivity contribution < 1.29 is 0 Å². The third-order valence-corrected chi connectivity index (χ3v) is 3.60. The highest BCUT2D eigenvalue weighted by atomic mass is 35.5. The second-order valence-electron chi connectivity index (χ2n) is 3.47. The Balaban J connectivity index is 2.29. The van der Waals surface area contributed by atoms with E-state index in [0.29, 0.717) is 17.4 Å². The van der Waals surface area contributed by atoms with E-state index < -0.39 is 0 Å². The third-order valence-electron chi connectivity index (χ3n) is 2.30. The molecule has 0 radical (unpaired) electrons. The van der Waals surface area contributed by atoms with Gasteiger partial charge in [-0.15, -0.1) is 11.3 Å². The minimum absolute atomic E-state index is 0.514. The van der Waals surface area contributed by atoms with Gasteiger partial charge in [0.15, 0.2) is 0 Å². The van der Waals surface area contributed by atoms with Crippen LogP contribution in [-0.2, 0) is 6.54 Å². The van der Waals surface area contributed by atoms with Gasteiger partial charge in [-0.1, -0.05) is 11.6 Å².